The molecular formula is C26H35NO7. The maximum atomic E-state index is 12.7. The van der Waals surface area contributed by atoms with Gasteiger partial charge < -0.3 is 24.3 Å². The molecule has 1 aromatic carbocycles. The maximum Gasteiger partial charge on any atom is 0.331 e. The van der Waals surface area contributed by atoms with Gasteiger partial charge in [0.05, 0.1) is 32.3 Å². The van der Waals surface area contributed by atoms with Gasteiger partial charge in [0.15, 0.2) is 6.04 Å². The van der Waals surface area contributed by atoms with E-state index in [1.165, 1.54) is 0 Å². The molecule has 1 amide bonds. The van der Waals surface area contributed by atoms with Crippen LogP contribution in [0.1, 0.15) is 32.3 Å². The van der Waals surface area contributed by atoms with E-state index >= 15 is 0 Å². The van der Waals surface area contributed by atoms with Crippen LogP contribution in [0.2, 0.25) is 0 Å². The van der Waals surface area contributed by atoms with Crippen molar-refractivity contribution in [2.45, 2.75) is 45.4 Å². The lowest BCUT2D eigenvalue weighted by Gasteiger charge is -2.20. The van der Waals surface area contributed by atoms with E-state index in [2.05, 4.69) is 5.32 Å². The first-order valence-corrected chi connectivity index (χ1v) is 11.5. The number of benzene rings is 1. The van der Waals surface area contributed by atoms with Crippen LogP contribution in [0.5, 0.6) is 0 Å². The van der Waals surface area contributed by atoms with Crippen LogP contribution in [0.3, 0.4) is 0 Å². The summed E-state index contributed by atoms with van der Waals surface area (Å²) in [5.41, 5.74) is 0.962. The number of hydrogen-bond donors (Lipinski definition) is 1. The number of nitrogens with one attached hydrogen (secondary N) is 1. The Kier molecular flexibility index (Phi) is 12.1. The summed E-state index contributed by atoms with van der Waals surface area (Å²) in [6.45, 7) is 4.30. The topological polar surface area (TPSA) is 100 Å². The molecule has 1 aliphatic heterocycles. The second-order valence-corrected chi connectivity index (χ2v) is 8.31. The predicted octanol–water partition coefficient (Wildman–Crippen LogP) is 2.97. The maximum absolute atomic E-state index is 12.7. The number of carbonyl (C=O) groups excluding carboxylic acids is 3. The minimum atomic E-state index is -0.932. The summed E-state index contributed by atoms with van der Waals surface area (Å²) >= 11 is 0. The quantitative estimate of drug-likeness (QED) is 0.518. The summed E-state index contributed by atoms with van der Waals surface area (Å²) < 4.78 is 21.8. The summed E-state index contributed by atoms with van der Waals surface area (Å²) in [5.74, 6) is -1.47. The zero-order valence-electron chi connectivity index (χ0n) is 20.1. The molecule has 1 heterocycles. The lowest BCUT2D eigenvalue weighted by Crippen LogP contribution is -2.45. The third-order valence-corrected chi connectivity index (χ3v) is 5.29. The van der Waals surface area contributed by atoms with E-state index in [0.717, 1.165) is 5.56 Å². The normalized spacial score (nSPS) is 25.6. The molecule has 0 unspecified atom stereocenters. The van der Waals surface area contributed by atoms with E-state index in [4.69, 9.17) is 18.9 Å². The molecule has 0 fully saturated rings. The molecule has 34 heavy (non-hydrogen) atoms. The molecule has 0 saturated carbocycles. The molecule has 1 aromatic rings. The van der Waals surface area contributed by atoms with Crippen molar-refractivity contribution in [3.05, 3.63) is 60.2 Å². The van der Waals surface area contributed by atoms with Crippen molar-refractivity contribution in [2.75, 3.05) is 26.9 Å². The van der Waals surface area contributed by atoms with Crippen LogP contribution < -0.4 is 5.32 Å². The molecule has 0 radical (unpaired) electrons. The van der Waals surface area contributed by atoms with Gasteiger partial charge in [0, 0.05) is 25.4 Å². The molecular weight excluding hydrogens is 438 g/mol. The van der Waals surface area contributed by atoms with Crippen molar-refractivity contribution in [3.8, 4) is 0 Å². The second-order valence-electron chi connectivity index (χ2n) is 8.31. The molecule has 4 atom stereocenters. The highest BCUT2D eigenvalue weighted by Gasteiger charge is 2.23. The first kappa shape index (κ1) is 27.3. The number of methoxy groups -OCH3 is 1. The Balaban J connectivity index is 2.06. The van der Waals surface area contributed by atoms with Gasteiger partial charge in [-0.3, -0.25) is 9.59 Å². The van der Waals surface area contributed by atoms with Gasteiger partial charge in [0.2, 0.25) is 5.91 Å². The monoisotopic (exact) mass is 473 g/mol. The van der Waals surface area contributed by atoms with Crippen molar-refractivity contribution in [1.29, 1.82) is 0 Å². The zero-order chi connectivity index (χ0) is 24.8. The fraction of sp³-hybridized carbons (Fsp3) is 0.500. The number of cyclic esters (lactones) is 2. The van der Waals surface area contributed by atoms with E-state index in [9.17, 15) is 14.4 Å². The third-order valence-electron chi connectivity index (χ3n) is 5.29. The summed E-state index contributed by atoms with van der Waals surface area (Å²) in [6, 6.07) is 8.63. The van der Waals surface area contributed by atoms with E-state index < -0.39 is 12.0 Å². The van der Waals surface area contributed by atoms with Gasteiger partial charge in [0.25, 0.3) is 0 Å². The van der Waals surface area contributed by atoms with Crippen LogP contribution in [0.4, 0.5) is 0 Å². The predicted molar refractivity (Wildman–Crippen MR) is 127 cm³/mol. The molecule has 0 aromatic heterocycles. The van der Waals surface area contributed by atoms with Gasteiger partial charge in [0.1, 0.15) is 6.61 Å². The Hall–Kier alpha value is -2.97. The van der Waals surface area contributed by atoms with Gasteiger partial charge in [-0.2, -0.15) is 0 Å². The number of esters is 2. The minimum Gasteiger partial charge on any atom is -0.463 e. The van der Waals surface area contributed by atoms with Gasteiger partial charge in [-0.05, 0) is 5.56 Å². The van der Waals surface area contributed by atoms with Gasteiger partial charge >= 0.3 is 11.9 Å². The van der Waals surface area contributed by atoms with Crippen molar-refractivity contribution in [2.24, 2.45) is 11.8 Å². The zero-order valence-corrected chi connectivity index (χ0v) is 20.1. The molecule has 0 saturated heterocycles. The fourth-order valence-corrected chi connectivity index (χ4v) is 3.24. The standard InChI is InChI=1S/C26H35NO7/c1-19-9-7-14-25(29)33-18-23(31-3)20(2)10-8-13-24(28)27-22(26(30)34-15-19)17-32-16-21-11-5-4-6-12-21/h4-12,19-20,22-23H,13-18H2,1-3H3,(H,27,28)/t19-,20-,22+,23-/m1/s1. The molecule has 186 valence electrons. The number of ether oxygens (including phenoxy) is 4. The average Bonchev–Trinajstić information content (AvgIpc) is 2.82. The highest BCUT2D eigenvalue weighted by atomic mass is 16.6. The smallest absolute Gasteiger partial charge is 0.331 e. The van der Waals surface area contributed by atoms with Gasteiger partial charge in [-0.1, -0.05) is 68.5 Å². The van der Waals surface area contributed by atoms with E-state index in [1.54, 1.807) is 25.3 Å². The van der Waals surface area contributed by atoms with Crippen molar-refractivity contribution in [3.63, 3.8) is 0 Å². The molecule has 0 aliphatic carbocycles. The fourth-order valence-electron chi connectivity index (χ4n) is 3.24. The number of amides is 1. The van der Waals surface area contributed by atoms with Crippen molar-refractivity contribution in [1.82, 2.24) is 5.32 Å². The van der Waals surface area contributed by atoms with Crippen LogP contribution in [-0.2, 0) is 39.9 Å². The Morgan fingerprint density at radius 3 is 2.44 bits per heavy atom. The molecule has 8 nitrogen and oxygen atoms in total. The molecule has 1 N–H and O–H groups in total. The summed E-state index contributed by atoms with van der Waals surface area (Å²) in [7, 11) is 1.55. The SMILES string of the molecule is CO[C@@H]1COC(=O)CC=C[C@@H](C)COC(=O)[C@H](COCc2ccccc2)NC(=O)CC=C[C@H]1C. The number of hydrogen-bond acceptors (Lipinski definition) is 7. The molecule has 1 aliphatic rings. The Bertz CT molecular complexity index is 837. The van der Waals surface area contributed by atoms with Crippen LogP contribution in [0.15, 0.2) is 54.6 Å². The number of rotatable bonds is 5. The van der Waals surface area contributed by atoms with Crippen molar-refractivity contribution < 1.29 is 33.3 Å². The van der Waals surface area contributed by atoms with E-state index in [1.807, 2.05) is 50.3 Å². The lowest BCUT2D eigenvalue weighted by atomic mass is 10.0. The van der Waals surface area contributed by atoms with Crippen molar-refractivity contribution >= 4 is 17.8 Å². The van der Waals surface area contributed by atoms with Crippen LogP contribution in [0.25, 0.3) is 0 Å². The van der Waals surface area contributed by atoms with Gasteiger partial charge in [-0.25, -0.2) is 4.79 Å². The lowest BCUT2D eigenvalue weighted by molar-refractivity contribution is -0.150. The Morgan fingerprint density at radius 2 is 1.71 bits per heavy atom. The summed E-state index contributed by atoms with van der Waals surface area (Å²) in [4.78, 5) is 37.2. The number of carbonyl (C=O) groups is 3. The highest BCUT2D eigenvalue weighted by Crippen LogP contribution is 2.11. The molecule has 2 rings (SSSR count). The van der Waals surface area contributed by atoms with Crippen LogP contribution >= 0.6 is 0 Å². The molecule has 0 spiro atoms. The summed E-state index contributed by atoms with van der Waals surface area (Å²) in [6.07, 6.45) is 6.86. The van der Waals surface area contributed by atoms with E-state index in [-0.39, 0.29) is 62.5 Å². The Morgan fingerprint density at radius 1 is 0.971 bits per heavy atom. The van der Waals surface area contributed by atoms with Crippen LogP contribution in [-0.4, -0.2) is 56.9 Å². The minimum absolute atomic E-state index is 0.0125. The highest BCUT2D eigenvalue weighted by molar-refractivity contribution is 5.85. The van der Waals surface area contributed by atoms with E-state index in [0.29, 0.717) is 6.61 Å². The first-order valence-electron chi connectivity index (χ1n) is 11.5. The molecule has 8 heteroatoms. The van der Waals surface area contributed by atoms with Gasteiger partial charge in [-0.15, -0.1) is 0 Å². The first-order chi connectivity index (χ1) is 16.4. The Labute approximate surface area is 201 Å². The third kappa shape index (κ3) is 10.3. The van der Waals surface area contributed by atoms with Crippen LogP contribution in [0, 0.1) is 11.8 Å². The largest absolute Gasteiger partial charge is 0.463 e. The molecule has 0 bridgehead atoms. The second kappa shape index (κ2) is 15.0. The average molecular weight is 474 g/mol. The summed E-state index contributed by atoms with van der Waals surface area (Å²) in [5, 5.41) is 2.71.